The summed E-state index contributed by atoms with van der Waals surface area (Å²) in [6.07, 6.45) is 10.1. The van der Waals surface area contributed by atoms with Gasteiger partial charge in [0.15, 0.2) is 0 Å². The predicted molar refractivity (Wildman–Crippen MR) is 123 cm³/mol. The van der Waals surface area contributed by atoms with Gasteiger partial charge in [-0.1, -0.05) is 23.8 Å². The Morgan fingerprint density at radius 3 is 2.75 bits per heavy atom. The number of amides is 1. The summed E-state index contributed by atoms with van der Waals surface area (Å²) in [4.78, 5) is 12.8. The standard InChI is InChI=1S/C23H33N5O3S/c1-2-14-28-22-9-8-20(17-21(22)25-26-28)32(30,31)27-15-11-19(12-16-27)23(29)24-13-10-18-6-4-3-5-7-18/h6,8-9,17,19H,2-5,7,10-16H2,1H3,(H,24,29). The number of fused-ring (bicyclic) bond motifs is 1. The maximum atomic E-state index is 13.2. The van der Waals surface area contributed by atoms with Gasteiger partial charge in [0.2, 0.25) is 15.9 Å². The number of piperidine rings is 1. The highest BCUT2D eigenvalue weighted by Gasteiger charge is 2.32. The van der Waals surface area contributed by atoms with Crippen LogP contribution in [0.1, 0.15) is 58.3 Å². The lowest BCUT2D eigenvalue weighted by atomic mass is 9.96. The van der Waals surface area contributed by atoms with E-state index in [4.69, 9.17) is 0 Å². The van der Waals surface area contributed by atoms with Gasteiger partial charge in [0.1, 0.15) is 5.52 Å². The van der Waals surface area contributed by atoms with Crippen molar-refractivity contribution >= 4 is 27.0 Å². The molecule has 4 rings (SSSR count). The van der Waals surface area contributed by atoms with Crippen molar-refractivity contribution in [2.75, 3.05) is 19.6 Å². The molecule has 2 aromatic rings. The zero-order chi connectivity index (χ0) is 22.6. The Balaban J connectivity index is 1.32. The number of carbonyl (C=O) groups excluding carboxylic acids is 1. The lowest BCUT2D eigenvalue weighted by molar-refractivity contribution is -0.126. The minimum absolute atomic E-state index is 0.0485. The van der Waals surface area contributed by atoms with Crippen molar-refractivity contribution in [3.05, 3.63) is 29.8 Å². The molecule has 0 atom stereocenters. The molecule has 1 fully saturated rings. The first-order valence-corrected chi connectivity index (χ1v) is 13.2. The Morgan fingerprint density at radius 1 is 1.22 bits per heavy atom. The van der Waals surface area contributed by atoms with Crippen LogP contribution in [0, 0.1) is 5.92 Å². The summed E-state index contributed by atoms with van der Waals surface area (Å²) in [7, 11) is -3.62. The van der Waals surface area contributed by atoms with Crippen molar-refractivity contribution < 1.29 is 13.2 Å². The van der Waals surface area contributed by atoms with Crippen LogP contribution in [0.5, 0.6) is 0 Å². The molecule has 1 amide bonds. The number of nitrogens with one attached hydrogen (secondary N) is 1. The summed E-state index contributed by atoms with van der Waals surface area (Å²) in [5, 5.41) is 11.3. The molecule has 2 heterocycles. The SMILES string of the molecule is CCCn1nnc2cc(S(=O)(=O)N3CCC(C(=O)NCCC4=CCCCC4)CC3)ccc21. The number of allylic oxidation sites excluding steroid dienone is 1. The average Bonchev–Trinajstić information content (AvgIpc) is 3.22. The Bertz CT molecular complexity index is 1080. The Labute approximate surface area is 190 Å². The molecule has 2 aliphatic rings. The van der Waals surface area contributed by atoms with Crippen LogP contribution in [-0.2, 0) is 21.4 Å². The maximum Gasteiger partial charge on any atom is 0.243 e. The summed E-state index contributed by atoms with van der Waals surface area (Å²) in [6, 6.07) is 5.01. The van der Waals surface area contributed by atoms with E-state index in [1.165, 1.54) is 22.7 Å². The first-order valence-electron chi connectivity index (χ1n) is 11.8. The normalized spacial score (nSPS) is 18.6. The van der Waals surface area contributed by atoms with Gasteiger partial charge in [0.05, 0.1) is 10.4 Å². The van der Waals surface area contributed by atoms with Gasteiger partial charge >= 0.3 is 0 Å². The highest BCUT2D eigenvalue weighted by atomic mass is 32.2. The molecule has 1 N–H and O–H groups in total. The van der Waals surface area contributed by atoms with Crippen molar-refractivity contribution in [3.8, 4) is 0 Å². The molecule has 9 heteroatoms. The molecule has 0 spiro atoms. The van der Waals surface area contributed by atoms with E-state index < -0.39 is 10.0 Å². The number of benzene rings is 1. The summed E-state index contributed by atoms with van der Waals surface area (Å²) < 4.78 is 29.6. The van der Waals surface area contributed by atoms with Crippen LogP contribution in [-0.4, -0.2) is 53.3 Å². The molecule has 8 nitrogen and oxygen atoms in total. The summed E-state index contributed by atoms with van der Waals surface area (Å²) in [6.45, 7) is 4.18. The zero-order valence-corrected chi connectivity index (χ0v) is 19.6. The second kappa shape index (κ2) is 10.1. The molecule has 0 radical (unpaired) electrons. The monoisotopic (exact) mass is 459 g/mol. The highest BCUT2D eigenvalue weighted by molar-refractivity contribution is 7.89. The third-order valence-corrected chi connectivity index (χ3v) is 8.41. The van der Waals surface area contributed by atoms with E-state index in [1.54, 1.807) is 22.9 Å². The van der Waals surface area contributed by atoms with Crippen molar-refractivity contribution in [3.63, 3.8) is 0 Å². The van der Waals surface area contributed by atoms with Gasteiger partial charge in [-0.25, -0.2) is 13.1 Å². The second-order valence-corrected chi connectivity index (χ2v) is 10.7. The molecule has 0 saturated carbocycles. The summed E-state index contributed by atoms with van der Waals surface area (Å²) >= 11 is 0. The first-order chi connectivity index (χ1) is 15.5. The summed E-state index contributed by atoms with van der Waals surface area (Å²) in [5.74, 6) is -0.0781. The van der Waals surface area contributed by atoms with E-state index in [9.17, 15) is 13.2 Å². The fraction of sp³-hybridized carbons (Fsp3) is 0.609. The Morgan fingerprint density at radius 2 is 2.03 bits per heavy atom. The van der Waals surface area contributed by atoms with Crippen LogP contribution < -0.4 is 5.32 Å². The van der Waals surface area contributed by atoms with Gasteiger partial charge in [-0.3, -0.25) is 4.79 Å². The number of hydrogen-bond donors (Lipinski definition) is 1. The van der Waals surface area contributed by atoms with Crippen LogP contribution in [0.25, 0.3) is 11.0 Å². The van der Waals surface area contributed by atoms with Crippen LogP contribution in [0.15, 0.2) is 34.7 Å². The van der Waals surface area contributed by atoms with E-state index in [-0.39, 0.29) is 16.7 Å². The van der Waals surface area contributed by atoms with Crippen LogP contribution in [0.3, 0.4) is 0 Å². The zero-order valence-electron chi connectivity index (χ0n) is 18.8. The minimum Gasteiger partial charge on any atom is -0.356 e. The third-order valence-electron chi connectivity index (χ3n) is 6.51. The lowest BCUT2D eigenvalue weighted by Crippen LogP contribution is -2.43. The topological polar surface area (TPSA) is 97.2 Å². The molecule has 1 aromatic carbocycles. The highest BCUT2D eigenvalue weighted by Crippen LogP contribution is 2.26. The predicted octanol–water partition coefficient (Wildman–Crippen LogP) is 3.25. The van der Waals surface area contributed by atoms with Gasteiger partial charge in [-0.2, -0.15) is 4.31 Å². The molecule has 174 valence electrons. The number of aryl methyl sites for hydroxylation is 1. The van der Waals surface area contributed by atoms with Crippen LogP contribution in [0.4, 0.5) is 0 Å². The number of hydrogen-bond acceptors (Lipinski definition) is 5. The number of nitrogens with zero attached hydrogens (tertiary/aromatic N) is 4. The van der Waals surface area contributed by atoms with Crippen molar-refractivity contribution in [1.29, 1.82) is 0 Å². The maximum absolute atomic E-state index is 13.2. The van der Waals surface area contributed by atoms with Gasteiger partial charge in [0.25, 0.3) is 0 Å². The molecule has 0 unspecified atom stereocenters. The average molecular weight is 460 g/mol. The number of sulfonamides is 1. The molecule has 0 bridgehead atoms. The van der Waals surface area contributed by atoms with E-state index in [0.29, 0.717) is 38.0 Å². The molecular formula is C23H33N5O3S. The first kappa shape index (κ1) is 22.9. The number of aromatic nitrogens is 3. The van der Waals surface area contributed by atoms with E-state index >= 15 is 0 Å². The summed E-state index contributed by atoms with van der Waals surface area (Å²) in [5.41, 5.74) is 2.87. The third kappa shape index (κ3) is 5.04. The van der Waals surface area contributed by atoms with Crippen LogP contribution in [0.2, 0.25) is 0 Å². The van der Waals surface area contributed by atoms with E-state index in [1.807, 2.05) is 0 Å². The minimum atomic E-state index is -3.62. The van der Waals surface area contributed by atoms with Crippen molar-refractivity contribution in [2.24, 2.45) is 5.92 Å². The van der Waals surface area contributed by atoms with Gasteiger partial charge in [0, 0.05) is 32.1 Å². The fourth-order valence-corrected chi connectivity index (χ4v) is 6.11. The Hall–Kier alpha value is -2.26. The van der Waals surface area contributed by atoms with Gasteiger partial charge in [-0.15, -0.1) is 5.10 Å². The molecule has 1 saturated heterocycles. The quantitative estimate of drug-likeness (QED) is 0.611. The number of rotatable bonds is 8. The van der Waals surface area contributed by atoms with Crippen molar-refractivity contribution in [2.45, 2.75) is 69.7 Å². The van der Waals surface area contributed by atoms with Gasteiger partial charge in [-0.05, 0) is 69.6 Å². The van der Waals surface area contributed by atoms with E-state index in [0.717, 1.165) is 37.7 Å². The van der Waals surface area contributed by atoms with Gasteiger partial charge < -0.3 is 5.32 Å². The molecule has 1 aliphatic carbocycles. The largest absolute Gasteiger partial charge is 0.356 e. The molecule has 1 aliphatic heterocycles. The number of carbonyl (C=O) groups is 1. The Kier molecular flexibility index (Phi) is 7.25. The van der Waals surface area contributed by atoms with Crippen molar-refractivity contribution in [1.82, 2.24) is 24.6 Å². The molecule has 1 aromatic heterocycles. The lowest BCUT2D eigenvalue weighted by Gasteiger charge is -2.30. The smallest absolute Gasteiger partial charge is 0.243 e. The fourth-order valence-electron chi connectivity index (χ4n) is 4.62. The van der Waals surface area contributed by atoms with Crippen LogP contribution >= 0.6 is 0 Å². The molecular weight excluding hydrogens is 426 g/mol. The van der Waals surface area contributed by atoms with E-state index in [2.05, 4.69) is 28.6 Å². The second-order valence-electron chi connectivity index (χ2n) is 8.79. The molecule has 32 heavy (non-hydrogen) atoms.